The fourth-order valence-corrected chi connectivity index (χ4v) is 3.86. The molecule has 1 aliphatic rings. The van der Waals surface area contributed by atoms with Crippen LogP contribution in [-0.4, -0.2) is 47.8 Å². The minimum absolute atomic E-state index is 0.239. The molecule has 1 aliphatic heterocycles. The van der Waals surface area contributed by atoms with Gasteiger partial charge in [0.05, 0.1) is 16.2 Å². The summed E-state index contributed by atoms with van der Waals surface area (Å²) in [6.07, 6.45) is -0.239. The van der Waals surface area contributed by atoms with Gasteiger partial charge >= 0.3 is 6.09 Å². The normalized spacial score (nSPS) is 14.8. The Morgan fingerprint density at radius 3 is 2.33 bits per heavy atom. The Morgan fingerprint density at radius 1 is 1.00 bits per heavy atom. The second-order valence-electron chi connectivity index (χ2n) is 8.51. The predicted octanol–water partition coefficient (Wildman–Crippen LogP) is 5.61. The third-order valence-corrected chi connectivity index (χ3v) is 5.44. The van der Waals surface area contributed by atoms with Crippen molar-refractivity contribution < 1.29 is 9.53 Å². The lowest BCUT2D eigenvalue weighted by atomic mass is 10.1. The lowest BCUT2D eigenvalue weighted by Crippen LogP contribution is -2.50. The molecular formula is C24H26ClN3O2. The molecule has 0 aliphatic carbocycles. The summed E-state index contributed by atoms with van der Waals surface area (Å²) in [5.74, 6) is 0. The van der Waals surface area contributed by atoms with Crippen molar-refractivity contribution in [1.29, 1.82) is 0 Å². The first kappa shape index (κ1) is 20.5. The Kier molecular flexibility index (Phi) is 5.56. The quantitative estimate of drug-likeness (QED) is 0.537. The summed E-state index contributed by atoms with van der Waals surface area (Å²) in [5.41, 5.74) is 3.44. The molecule has 1 fully saturated rings. The van der Waals surface area contributed by atoms with Crippen LogP contribution in [-0.2, 0) is 4.74 Å². The average Bonchev–Trinajstić information content (AvgIpc) is 2.73. The van der Waals surface area contributed by atoms with Gasteiger partial charge in [-0.3, -0.25) is 0 Å². The molecule has 3 aromatic rings. The Morgan fingerprint density at radius 2 is 1.67 bits per heavy atom. The second-order valence-corrected chi connectivity index (χ2v) is 8.91. The molecular weight excluding hydrogens is 398 g/mol. The number of aromatic nitrogens is 1. The van der Waals surface area contributed by atoms with Gasteiger partial charge in [-0.1, -0.05) is 41.9 Å². The fourth-order valence-electron chi connectivity index (χ4n) is 3.60. The number of ether oxygens (including phenoxy) is 1. The summed E-state index contributed by atoms with van der Waals surface area (Å²) < 4.78 is 5.47. The molecule has 0 spiro atoms. The zero-order valence-electron chi connectivity index (χ0n) is 17.6. The van der Waals surface area contributed by atoms with E-state index in [1.54, 1.807) is 4.90 Å². The van der Waals surface area contributed by atoms with Crippen molar-refractivity contribution in [2.24, 2.45) is 0 Å². The topological polar surface area (TPSA) is 45.7 Å². The van der Waals surface area contributed by atoms with Crippen LogP contribution in [0.2, 0.25) is 5.02 Å². The molecule has 4 rings (SSSR count). The zero-order chi connectivity index (χ0) is 21.3. The molecule has 5 nitrogen and oxygen atoms in total. The maximum atomic E-state index is 12.2. The Labute approximate surface area is 182 Å². The van der Waals surface area contributed by atoms with E-state index in [0.717, 1.165) is 40.9 Å². The maximum Gasteiger partial charge on any atom is 0.410 e. The number of hydrogen-bond donors (Lipinski definition) is 0. The predicted molar refractivity (Wildman–Crippen MR) is 122 cm³/mol. The van der Waals surface area contributed by atoms with E-state index in [2.05, 4.69) is 29.2 Å². The number of benzene rings is 2. The molecule has 1 amide bonds. The SMILES string of the molecule is CC(C)(C)OC(=O)N1CCN(c2ccc(-c3cc(Cl)c4ccccc4n3)cc2)CC1. The Balaban J connectivity index is 1.44. The lowest BCUT2D eigenvalue weighted by Gasteiger charge is -2.36. The number of carbonyl (C=O) groups is 1. The highest BCUT2D eigenvalue weighted by molar-refractivity contribution is 6.35. The number of fused-ring (bicyclic) bond motifs is 1. The largest absolute Gasteiger partial charge is 0.444 e. The first-order valence-electron chi connectivity index (χ1n) is 10.2. The van der Waals surface area contributed by atoms with Crippen molar-refractivity contribution in [3.05, 3.63) is 59.6 Å². The monoisotopic (exact) mass is 423 g/mol. The summed E-state index contributed by atoms with van der Waals surface area (Å²) in [7, 11) is 0. The minimum atomic E-state index is -0.469. The van der Waals surface area contributed by atoms with Crippen molar-refractivity contribution in [2.45, 2.75) is 26.4 Å². The van der Waals surface area contributed by atoms with E-state index in [9.17, 15) is 4.79 Å². The van der Waals surface area contributed by atoms with Gasteiger partial charge in [0.25, 0.3) is 0 Å². The third kappa shape index (κ3) is 4.51. The first-order chi connectivity index (χ1) is 14.3. The van der Waals surface area contributed by atoms with Gasteiger partial charge in [-0.15, -0.1) is 0 Å². The zero-order valence-corrected chi connectivity index (χ0v) is 18.3. The fraction of sp³-hybridized carbons (Fsp3) is 0.333. The van der Waals surface area contributed by atoms with Crippen LogP contribution in [0.3, 0.4) is 0 Å². The number of amides is 1. The number of pyridine rings is 1. The Hall–Kier alpha value is -2.79. The molecule has 0 saturated carbocycles. The average molecular weight is 424 g/mol. The summed E-state index contributed by atoms with van der Waals surface area (Å²) in [4.78, 5) is 21.1. The van der Waals surface area contributed by atoms with Crippen LogP contribution in [0.5, 0.6) is 0 Å². The van der Waals surface area contributed by atoms with Gasteiger partial charge in [0, 0.05) is 42.8 Å². The van der Waals surface area contributed by atoms with Crippen LogP contribution in [0.25, 0.3) is 22.2 Å². The molecule has 0 bridgehead atoms. The van der Waals surface area contributed by atoms with Gasteiger partial charge < -0.3 is 14.5 Å². The molecule has 2 heterocycles. The summed E-state index contributed by atoms with van der Waals surface area (Å²) in [6, 6.07) is 18.1. The van der Waals surface area contributed by atoms with E-state index in [1.165, 1.54) is 0 Å². The van der Waals surface area contributed by atoms with E-state index in [4.69, 9.17) is 21.3 Å². The highest BCUT2D eigenvalue weighted by atomic mass is 35.5. The van der Waals surface area contributed by atoms with E-state index in [0.29, 0.717) is 18.1 Å². The third-order valence-electron chi connectivity index (χ3n) is 5.13. The van der Waals surface area contributed by atoms with E-state index in [-0.39, 0.29) is 6.09 Å². The second kappa shape index (κ2) is 8.15. The van der Waals surface area contributed by atoms with Crippen molar-refractivity contribution in [2.75, 3.05) is 31.1 Å². The molecule has 1 saturated heterocycles. The van der Waals surface area contributed by atoms with E-state index in [1.807, 2.05) is 51.1 Å². The molecule has 0 radical (unpaired) electrons. The molecule has 2 aromatic carbocycles. The first-order valence-corrected chi connectivity index (χ1v) is 10.6. The smallest absolute Gasteiger partial charge is 0.410 e. The molecule has 0 atom stereocenters. The maximum absolute atomic E-state index is 12.2. The van der Waals surface area contributed by atoms with Crippen molar-refractivity contribution >= 4 is 34.3 Å². The minimum Gasteiger partial charge on any atom is -0.444 e. The molecule has 156 valence electrons. The van der Waals surface area contributed by atoms with E-state index < -0.39 is 5.60 Å². The summed E-state index contributed by atoms with van der Waals surface area (Å²) >= 11 is 6.45. The Bertz CT molecular complexity index is 1050. The van der Waals surface area contributed by atoms with Crippen LogP contribution in [0.15, 0.2) is 54.6 Å². The van der Waals surface area contributed by atoms with Crippen molar-refractivity contribution in [3.8, 4) is 11.3 Å². The lowest BCUT2D eigenvalue weighted by molar-refractivity contribution is 0.0240. The summed E-state index contributed by atoms with van der Waals surface area (Å²) in [6.45, 7) is 8.52. The van der Waals surface area contributed by atoms with Crippen molar-refractivity contribution in [1.82, 2.24) is 9.88 Å². The number of rotatable bonds is 2. The number of para-hydroxylation sites is 1. The van der Waals surface area contributed by atoms with Crippen LogP contribution in [0.1, 0.15) is 20.8 Å². The number of carbonyl (C=O) groups excluding carboxylic acids is 1. The van der Waals surface area contributed by atoms with E-state index >= 15 is 0 Å². The number of nitrogens with zero attached hydrogens (tertiary/aromatic N) is 3. The number of anilines is 1. The van der Waals surface area contributed by atoms with Gasteiger partial charge in [-0.2, -0.15) is 0 Å². The van der Waals surface area contributed by atoms with Gasteiger partial charge in [-0.25, -0.2) is 9.78 Å². The van der Waals surface area contributed by atoms with Crippen LogP contribution >= 0.6 is 11.6 Å². The molecule has 6 heteroatoms. The van der Waals surface area contributed by atoms with Gasteiger partial charge in [0.1, 0.15) is 5.60 Å². The van der Waals surface area contributed by atoms with Gasteiger partial charge in [0.15, 0.2) is 0 Å². The number of piperazine rings is 1. The van der Waals surface area contributed by atoms with Crippen LogP contribution in [0, 0.1) is 0 Å². The summed E-state index contributed by atoms with van der Waals surface area (Å²) in [5, 5.41) is 1.67. The highest BCUT2D eigenvalue weighted by Gasteiger charge is 2.25. The number of halogens is 1. The van der Waals surface area contributed by atoms with Crippen LogP contribution < -0.4 is 4.90 Å². The molecule has 30 heavy (non-hydrogen) atoms. The van der Waals surface area contributed by atoms with Crippen molar-refractivity contribution in [3.63, 3.8) is 0 Å². The standard InChI is InChI=1S/C24H26ClN3O2/c1-24(2,3)30-23(29)28-14-12-27(13-15-28)18-10-8-17(9-11-18)22-16-20(25)19-6-4-5-7-21(19)26-22/h4-11,16H,12-15H2,1-3H3. The highest BCUT2D eigenvalue weighted by Crippen LogP contribution is 2.29. The number of hydrogen-bond acceptors (Lipinski definition) is 4. The molecule has 0 unspecified atom stereocenters. The van der Waals surface area contributed by atoms with Gasteiger partial charge in [0.2, 0.25) is 0 Å². The molecule has 0 N–H and O–H groups in total. The molecule has 1 aromatic heterocycles. The van der Waals surface area contributed by atoms with Gasteiger partial charge in [-0.05, 0) is 45.0 Å². The van der Waals surface area contributed by atoms with Crippen LogP contribution in [0.4, 0.5) is 10.5 Å².